The lowest BCUT2D eigenvalue weighted by Gasteiger charge is -2.33. The summed E-state index contributed by atoms with van der Waals surface area (Å²) in [7, 11) is 0. The predicted octanol–water partition coefficient (Wildman–Crippen LogP) is 4.76. The van der Waals surface area contributed by atoms with Crippen LogP contribution in [-0.4, -0.2) is 33.9 Å². The van der Waals surface area contributed by atoms with Gasteiger partial charge in [-0.15, -0.1) is 0 Å². The average molecular weight is 407 g/mol. The summed E-state index contributed by atoms with van der Waals surface area (Å²) < 4.78 is 26.8. The minimum absolute atomic E-state index is 0.0560. The van der Waals surface area contributed by atoms with Crippen molar-refractivity contribution in [2.45, 2.75) is 31.6 Å². The maximum absolute atomic E-state index is 13.7. The van der Waals surface area contributed by atoms with Crippen molar-refractivity contribution in [3.63, 3.8) is 0 Å². The number of rotatable bonds is 5. The van der Waals surface area contributed by atoms with E-state index in [0.29, 0.717) is 37.2 Å². The van der Waals surface area contributed by atoms with E-state index in [1.54, 1.807) is 30.6 Å². The van der Waals surface area contributed by atoms with Crippen molar-refractivity contribution in [2.75, 3.05) is 13.1 Å². The molecule has 1 aromatic heterocycles. The molecule has 4 rings (SSSR count). The van der Waals surface area contributed by atoms with Crippen molar-refractivity contribution in [2.24, 2.45) is 0 Å². The van der Waals surface area contributed by atoms with Gasteiger partial charge in [0.1, 0.15) is 11.6 Å². The van der Waals surface area contributed by atoms with Crippen molar-refractivity contribution < 1.29 is 13.6 Å². The quantitative estimate of drug-likeness (QED) is 0.613. The third kappa shape index (κ3) is 4.70. The maximum Gasteiger partial charge on any atom is 0.222 e. The molecule has 0 unspecified atom stereocenters. The number of nitrogens with zero attached hydrogens (tertiary/aromatic N) is 3. The highest BCUT2D eigenvalue weighted by molar-refractivity contribution is 5.76. The van der Waals surface area contributed by atoms with Gasteiger partial charge in [0.25, 0.3) is 0 Å². The Morgan fingerprint density at radius 1 is 1.03 bits per heavy atom. The molecule has 1 atom stereocenters. The first-order valence-electron chi connectivity index (χ1n) is 10.2. The largest absolute Gasteiger partial charge is 0.342 e. The second-order valence-electron chi connectivity index (χ2n) is 7.61. The van der Waals surface area contributed by atoms with E-state index in [-0.39, 0.29) is 23.5 Å². The van der Waals surface area contributed by atoms with E-state index in [1.807, 2.05) is 11.0 Å². The summed E-state index contributed by atoms with van der Waals surface area (Å²) in [4.78, 5) is 23.7. The van der Waals surface area contributed by atoms with Crippen LogP contribution in [0.2, 0.25) is 0 Å². The molecule has 1 aliphatic heterocycles. The van der Waals surface area contributed by atoms with Crippen LogP contribution in [0.15, 0.2) is 60.9 Å². The van der Waals surface area contributed by atoms with Gasteiger partial charge in [-0.2, -0.15) is 0 Å². The lowest BCUT2D eigenvalue weighted by molar-refractivity contribution is -0.132. The molecular weight excluding hydrogens is 384 g/mol. The number of benzene rings is 2. The highest BCUT2D eigenvalue weighted by Crippen LogP contribution is 2.32. The summed E-state index contributed by atoms with van der Waals surface area (Å²) in [5.74, 6) is -0.451. The Balaban J connectivity index is 1.46. The fraction of sp³-hybridized carbons (Fsp3) is 0.292. The number of piperidine rings is 1. The SMILES string of the molecule is O=C(CCc1ccc(F)cc1)N1CCC[C@@H](c2nccnc2-c2cccc(F)c2)C1. The summed E-state index contributed by atoms with van der Waals surface area (Å²) in [6, 6.07) is 12.6. The van der Waals surface area contributed by atoms with Crippen LogP contribution in [0.4, 0.5) is 8.78 Å². The monoisotopic (exact) mass is 407 g/mol. The standard InChI is InChI=1S/C24H23F2N3O/c25-20-9-6-17(7-10-20)8-11-22(30)29-14-2-4-19(16-29)24-23(27-12-13-28-24)18-3-1-5-21(26)15-18/h1,3,5-7,9-10,12-13,15,19H,2,4,8,11,14,16H2/t19-/m1/s1. The Hall–Kier alpha value is -3.15. The van der Waals surface area contributed by atoms with Crippen LogP contribution >= 0.6 is 0 Å². The Morgan fingerprint density at radius 3 is 2.63 bits per heavy atom. The van der Waals surface area contributed by atoms with Crippen LogP contribution in [0.3, 0.4) is 0 Å². The van der Waals surface area contributed by atoms with Gasteiger partial charge >= 0.3 is 0 Å². The molecule has 0 bridgehead atoms. The molecule has 1 amide bonds. The zero-order valence-electron chi connectivity index (χ0n) is 16.6. The molecule has 154 valence electrons. The molecule has 6 heteroatoms. The number of halogens is 2. The number of amides is 1. The molecule has 2 heterocycles. The summed E-state index contributed by atoms with van der Waals surface area (Å²) in [5.41, 5.74) is 3.11. The van der Waals surface area contributed by atoms with Gasteiger partial charge in [0.2, 0.25) is 5.91 Å². The Morgan fingerprint density at radius 2 is 1.83 bits per heavy atom. The molecule has 3 aromatic rings. The maximum atomic E-state index is 13.7. The molecule has 4 nitrogen and oxygen atoms in total. The molecule has 30 heavy (non-hydrogen) atoms. The van der Waals surface area contributed by atoms with E-state index in [4.69, 9.17) is 0 Å². The molecule has 1 aliphatic rings. The fourth-order valence-electron chi connectivity index (χ4n) is 3.99. The highest BCUT2D eigenvalue weighted by Gasteiger charge is 2.27. The molecule has 0 saturated carbocycles. The van der Waals surface area contributed by atoms with Crippen LogP contribution in [0, 0.1) is 11.6 Å². The second kappa shape index (κ2) is 9.11. The first kappa shape index (κ1) is 20.1. The minimum atomic E-state index is -0.314. The van der Waals surface area contributed by atoms with Gasteiger partial charge in [0, 0.05) is 43.4 Å². The van der Waals surface area contributed by atoms with Crippen LogP contribution in [0.5, 0.6) is 0 Å². The summed E-state index contributed by atoms with van der Waals surface area (Å²) in [6.45, 7) is 1.29. The van der Waals surface area contributed by atoms with Gasteiger partial charge in [0.15, 0.2) is 0 Å². The van der Waals surface area contributed by atoms with E-state index in [1.165, 1.54) is 24.3 Å². The smallest absolute Gasteiger partial charge is 0.222 e. The van der Waals surface area contributed by atoms with E-state index < -0.39 is 0 Å². The van der Waals surface area contributed by atoms with E-state index in [2.05, 4.69) is 9.97 Å². The molecule has 1 fully saturated rings. The number of carbonyl (C=O) groups excluding carboxylic acids is 1. The molecule has 0 N–H and O–H groups in total. The molecule has 0 spiro atoms. The number of hydrogen-bond acceptors (Lipinski definition) is 3. The van der Waals surface area contributed by atoms with E-state index >= 15 is 0 Å². The Labute approximate surface area is 174 Å². The van der Waals surface area contributed by atoms with Gasteiger partial charge in [-0.1, -0.05) is 24.3 Å². The lowest BCUT2D eigenvalue weighted by Crippen LogP contribution is -2.39. The zero-order valence-corrected chi connectivity index (χ0v) is 16.6. The van der Waals surface area contributed by atoms with Crippen LogP contribution < -0.4 is 0 Å². The molecule has 2 aromatic carbocycles. The van der Waals surface area contributed by atoms with Crippen LogP contribution in [0.1, 0.15) is 36.4 Å². The third-order valence-electron chi connectivity index (χ3n) is 5.53. The van der Waals surface area contributed by atoms with Gasteiger partial charge < -0.3 is 4.90 Å². The van der Waals surface area contributed by atoms with Crippen molar-refractivity contribution >= 4 is 5.91 Å². The first-order chi connectivity index (χ1) is 14.6. The fourth-order valence-corrected chi connectivity index (χ4v) is 3.99. The van der Waals surface area contributed by atoms with Crippen LogP contribution in [0.25, 0.3) is 11.3 Å². The van der Waals surface area contributed by atoms with Gasteiger partial charge in [-0.3, -0.25) is 14.8 Å². The Kier molecular flexibility index (Phi) is 6.12. The van der Waals surface area contributed by atoms with Crippen molar-refractivity contribution in [3.8, 4) is 11.3 Å². The topological polar surface area (TPSA) is 46.1 Å². The van der Waals surface area contributed by atoms with Crippen LogP contribution in [-0.2, 0) is 11.2 Å². The lowest BCUT2D eigenvalue weighted by atomic mass is 9.91. The Bertz CT molecular complexity index is 1020. The second-order valence-corrected chi connectivity index (χ2v) is 7.61. The average Bonchev–Trinajstić information content (AvgIpc) is 2.78. The first-order valence-corrected chi connectivity index (χ1v) is 10.2. The number of aromatic nitrogens is 2. The van der Waals surface area contributed by atoms with Crippen molar-refractivity contribution in [3.05, 3.63) is 83.8 Å². The number of likely N-dealkylation sites (tertiary alicyclic amines) is 1. The number of hydrogen-bond donors (Lipinski definition) is 0. The van der Waals surface area contributed by atoms with E-state index in [9.17, 15) is 13.6 Å². The summed E-state index contributed by atoms with van der Waals surface area (Å²) in [6.07, 6.45) is 6.01. The third-order valence-corrected chi connectivity index (χ3v) is 5.53. The summed E-state index contributed by atoms with van der Waals surface area (Å²) in [5, 5.41) is 0. The predicted molar refractivity (Wildman–Crippen MR) is 111 cm³/mol. The molecule has 1 saturated heterocycles. The molecule has 0 aliphatic carbocycles. The highest BCUT2D eigenvalue weighted by atomic mass is 19.1. The van der Waals surface area contributed by atoms with Gasteiger partial charge in [-0.25, -0.2) is 8.78 Å². The molecule has 0 radical (unpaired) electrons. The van der Waals surface area contributed by atoms with Crippen molar-refractivity contribution in [1.82, 2.24) is 14.9 Å². The summed E-state index contributed by atoms with van der Waals surface area (Å²) >= 11 is 0. The number of aryl methyl sites for hydroxylation is 1. The number of carbonyl (C=O) groups is 1. The molecular formula is C24H23F2N3O. The van der Waals surface area contributed by atoms with Gasteiger partial charge in [0.05, 0.1) is 11.4 Å². The van der Waals surface area contributed by atoms with Crippen molar-refractivity contribution in [1.29, 1.82) is 0 Å². The zero-order chi connectivity index (χ0) is 20.9. The minimum Gasteiger partial charge on any atom is -0.342 e. The normalized spacial score (nSPS) is 16.5. The van der Waals surface area contributed by atoms with Gasteiger partial charge in [-0.05, 0) is 49.1 Å². The van der Waals surface area contributed by atoms with E-state index in [0.717, 1.165) is 24.1 Å².